The summed E-state index contributed by atoms with van der Waals surface area (Å²) in [7, 11) is 0. The van der Waals surface area contributed by atoms with Gasteiger partial charge in [-0.25, -0.2) is 4.98 Å². The molecule has 0 spiro atoms. The highest BCUT2D eigenvalue weighted by Crippen LogP contribution is 2.17. The molecule has 1 aliphatic rings. The van der Waals surface area contributed by atoms with E-state index in [1.54, 1.807) is 0 Å². The van der Waals surface area contributed by atoms with Crippen molar-refractivity contribution in [2.45, 2.75) is 31.8 Å². The molecule has 1 saturated heterocycles. The van der Waals surface area contributed by atoms with Gasteiger partial charge in [0.1, 0.15) is 0 Å². The molecular formula is C15H21N3S. The molecule has 0 amide bonds. The number of nitrogens with one attached hydrogen (secondary N) is 1. The summed E-state index contributed by atoms with van der Waals surface area (Å²) >= 11 is 2.08. The van der Waals surface area contributed by atoms with Crippen LogP contribution in [-0.4, -0.2) is 33.6 Å². The van der Waals surface area contributed by atoms with Gasteiger partial charge in [-0.1, -0.05) is 12.1 Å². The number of nitrogens with zero attached hydrogens (tertiary/aromatic N) is 2. The summed E-state index contributed by atoms with van der Waals surface area (Å²) in [5.41, 5.74) is 2.34. The van der Waals surface area contributed by atoms with Gasteiger partial charge in [-0.2, -0.15) is 11.8 Å². The molecule has 2 heterocycles. The van der Waals surface area contributed by atoms with E-state index in [1.165, 1.54) is 36.3 Å². The molecule has 1 aromatic carbocycles. The summed E-state index contributed by atoms with van der Waals surface area (Å²) in [6.45, 7) is 2.16. The van der Waals surface area contributed by atoms with Crippen LogP contribution in [0.2, 0.25) is 0 Å². The number of para-hydroxylation sites is 2. The first kappa shape index (κ1) is 13.0. The maximum atomic E-state index is 4.43. The molecule has 1 atom stereocenters. The molecule has 1 aromatic heterocycles. The molecule has 1 fully saturated rings. The number of aryl methyl sites for hydroxylation is 1. The predicted octanol–water partition coefficient (Wildman–Crippen LogP) is 2.91. The smallest absolute Gasteiger partial charge is 0.0958 e. The lowest BCUT2D eigenvalue weighted by Crippen LogP contribution is -2.34. The van der Waals surface area contributed by atoms with Gasteiger partial charge in [0.05, 0.1) is 17.4 Å². The normalized spacial score (nSPS) is 19.9. The van der Waals surface area contributed by atoms with Crippen LogP contribution in [0.1, 0.15) is 19.3 Å². The average Bonchev–Trinajstić information content (AvgIpc) is 2.88. The molecule has 1 aliphatic heterocycles. The zero-order valence-electron chi connectivity index (χ0n) is 11.2. The minimum Gasteiger partial charge on any atom is -0.331 e. The van der Waals surface area contributed by atoms with Gasteiger partial charge in [-0.05, 0) is 43.7 Å². The number of aromatic nitrogens is 2. The maximum Gasteiger partial charge on any atom is 0.0958 e. The second kappa shape index (κ2) is 6.44. The molecule has 0 bridgehead atoms. The topological polar surface area (TPSA) is 29.9 Å². The van der Waals surface area contributed by atoms with Crippen LogP contribution in [-0.2, 0) is 6.54 Å². The number of hydrogen-bond acceptors (Lipinski definition) is 3. The lowest BCUT2D eigenvalue weighted by molar-refractivity contribution is 0.487. The Bertz CT molecular complexity index is 517. The van der Waals surface area contributed by atoms with E-state index < -0.39 is 0 Å². The van der Waals surface area contributed by atoms with Crippen molar-refractivity contribution in [2.75, 3.05) is 18.1 Å². The predicted molar refractivity (Wildman–Crippen MR) is 82.7 cm³/mol. The van der Waals surface area contributed by atoms with Gasteiger partial charge in [0.2, 0.25) is 0 Å². The summed E-state index contributed by atoms with van der Waals surface area (Å²) in [5.74, 6) is 2.63. The van der Waals surface area contributed by atoms with E-state index >= 15 is 0 Å². The Morgan fingerprint density at radius 1 is 1.37 bits per heavy atom. The Morgan fingerprint density at radius 2 is 2.32 bits per heavy atom. The van der Waals surface area contributed by atoms with Crippen molar-refractivity contribution in [1.29, 1.82) is 0 Å². The van der Waals surface area contributed by atoms with Crippen LogP contribution in [0.25, 0.3) is 11.0 Å². The maximum absolute atomic E-state index is 4.43. The van der Waals surface area contributed by atoms with Gasteiger partial charge in [-0.3, -0.25) is 0 Å². The van der Waals surface area contributed by atoms with Crippen molar-refractivity contribution in [3.8, 4) is 0 Å². The summed E-state index contributed by atoms with van der Waals surface area (Å²) in [6.07, 6.45) is 5.85. The first-order chi connectivity index (χ1) is 9.43. The number of benzene rings is 1. The highest BCUT2D eigenvalue weighted by Gasteiger charge is 2.12. The van der Waals surface area contributed by atoms with Gasteiger partial charge in [-0.15, -0.1) is 0 Å². The molecule has 3 nitrogen and oxygen atoms in total. The zero-order chi connectivity index (χ0) is 12.9. The van der Waals surface area contributed by atoms with Crippen LogP contribution in [0.15, 0.2) is 30.6 Å². The summed E-state index contributed by atoms with van der Waals surface area (Å²) < 4.78 is 2.26. The molecule has 1 N–H and O–H groups in total. The van der Waals surface area contributed by atoms with Crippen molar-refractivity contribution in [3.05, 3.63) is 30.6 Å². The fourth-order valence-electron chi connectivity index (χ4n) is 2.65. The van der Waals surface area contributed by atoms with Crippen molar-refractivity contribution < 1.29 is 0 Å². The Hall–Kier alpha value is -1.000. The van der Waals surface area contributed by atoms with E-state index in [0.717, 1.165) is 24.6 Å². The molecule has 102 valence electrons. The molecular weight excluding hydrogens is 254 g/mol. The van der Waals surface area contributed by atoms with Gasteiger partial charge < -0.3 is 9.88 Å². The molecule has 4 heteroatoms. The molecule has 2 aromatic rings. The number of thioether (sulfide) groups is 1. The van der Waals surface area contributed by atoms with Crippen molar-refractivity contribution >= 4 is 22.8 Å². The quantitative estimate of drug-likeness (QED) is 0.851. The molecule has 0 aliphatic carbocycles. The number of imidazole rings is 1. The summed E-state index contributed by atoms with van der Waals surface area (Å²) in [4.78, 5) is 4.43. The Kier molecular flexibility index (Phi) is 4.41. The van der Waals surface area contributed by atoms with Crippen molar-refractivity contribution in [2.24, 2.45) is 0 Å². The number of hydrogen-bond donors (Lipinski definition) is 1. The average molecular weight is 275 g/mol. The lowest BCUT2D eigenvalue weighted by Gasteiger charge is -2.22. The first-order valence-electron chi connectivity index (χ1n) is 7.14. The number of fused-ring (bicyclic) bond motifs is 1. The molecule has 3 rings (SSSR count). The first-order valence-corrected chi connectivity index (χ1v) is 8.30. The minimum atomic E-state index is 0.735. The van der Waals surface area contributed by atoms with Crippen LogP contribution in [0.4, 0.5) is 0 Å². The van der Waals surface area contributed by atoms with Crippen LogP contribution in [0.3, 0.4) is 0 Å². The van der Waals surface area contributed by atoms with Gasteiger partial charge >= 0.3 is 0 Å². The molecule has 1 unspecified atom stereocenters. The third-order valence-corrected chi connectivity index (χ3v) is 4.91. The summed E-state index contributed by atoms with van der Waals surface area (Å²) in [6, 6.07) is 9.08. The Morgan fingerprint density at radius 3 is 3.21 bits per heavy atom. The number of rotatable bonds is 5. The van der Waals surface area contributed by atoms with E-state index in [9.17, 15) is 0 Å². The Labute approximate surface area is 118 Å². The largest absolute Gasteiger partial charge is 0.331 e. The zero-order valence-corrected chi connectivity index (χ0v) is 12.0. The van der Waals surface area contributed by atoms with Crippen LogP contribution in [0.5, 0.6) is 0 Å². The lowest BCUT2D eigenvalue weighted by atomic mass is 10.2. The molecule has 19 heavy (non-hydrogen) atoms. The molecule has 0 saturated carbocycles. The Balaban J connectivity index is 1.47. The van der Waals surface area contributed by atoms with E-state index in [1.807, 2.05) is 12.4 Å². The van der Waals surface area contributed by atoms with Crippen LogP contribution >= 0.6 is 11.8 Å². The minimum absolute atomic E-state index is 0.735. The van der Waals surface area contributed by atoms with Crippen molar-refractivity contribution in [3.63, 3.8) is 0 Å². The van der Waals surface area contributed by atoms with E-state index in [0.29, 0.717) is 0 Å². The third kappa shape index (κ3) is 3.31. The van der Waals surface area contributed by atoms with E-state index in [4.69, 9.17) is 0 Å². The fraction of sp³-hybridized carbons (Fsp3) is 0.533. The fourth-order valence-corrected chi connectivity index (χ4v) is 3.75. The van der Waals surface area contributed by atoms with Gasteiger partial charge in [0.15, 0.2) is 0 Å². The third-order valence-electron chi connectivity index (χ3n) is 3.70. The second-order valence-corrected chi connectivity index (χ2v) is 6.30. The van der Waals surface area contributed by atoms with Gasteiger partial charge in [0.25, 0.3) is 0 Å². The van der Waals surface area contributed by atoms with Gasteiger partial charge in [0, 0.05) is 18.3 Å². The molecule has 0 radical (unpaired) electrons. The van der Waals surface area contributed by atoms with Crippen molar-refractivity contribution in [1.82, 2.24) is 14.9 Å². The SMILES string of the molecule is c1ccc2c(c1)ncn2CCCNC1CCCSC1. The van der Waals surface area contributed by atoms with Crippen LogP contribution in [0, 0.1) is 0 Å². The van der Waals surface area contributed by atoms with E-state index in [-0.39, 0.29) is 0 Å². The second-order valence-electron chi connectivity index (χ2n) is 5.15. The highest BCUT2D eigenvalue weighted by atomic mass is 32.2. The highest BCUT2D eigenvalue weighted by molar-refractivity contribution is 7.99. The standard InChI is InChI=1S/C15H21N3S/c1-2-7-15-14(6-1)17-12-18(15)9-4-8-16-13-5-3-10-19-11-13/h1-2,6-7,12-13,16H,3-5,8-11H2. The van der Waals surface area contributed by atoms with E-state index in [2.05, 4.69) is 44.8 Å². The monoisotopic (exact) mass is 275 g/mol. The van der Waals surface area contributed by atoms with Crippen LogP contribution < -0.4 is 5.32 Å². The summed E-state index contributed by atoms with van der Waals surface area (Å²) in [5, 5.41) is 3.68.